The molecule has 0 unspecified atom stereocenters. The van der Waals surface area contributed by atoms with Crippen LogP contribution in [0, 0.1) is 0 Å². The van der Waals surface area contributed by atoms with E-state index in [2.05, 4.69) is 22.4 Å². The molecule has 0 aromatic carbocycles. The SMILES string of the molecule is NC1CCN(CCCc2cccs2)CC1. The van der Waals surface area contributed by atoms with Gasteiger partial charge in [0.05, 0.1) is 0 Å². The van der Waals surface area contributed by atoms with Crippen LogP contribution in [0.1, 0.15) is 24.1 Å². The van der Waals surface area contributed by atoms with Gasteiger partial charge in [-0.25, -0.2) is 0 Å². The van der Waals surface area contributed by atoms with Crippen LogP contribution in [-0.2, 0) is 6.42 Å². The summed E-state index contributed by atoms with van der Waals surface area (Å²) in [6, 6.07) is 4.83. The lowest BCUT2D eigenvalue weighted by molar-refractivity contribution is 0.211. The Morgan fingerprint density at radius 3 is 2.87 bits per heavy atom. The van der Waals surface area contributed by atoms with Crippen LogP contribution in [0.3, 0.4) is 0 Å². The van der Waals surface area contributed by atoms with Gasteiger partial charge in [0.2, 0.25) is 0 Å². The summed E-state index contributed by atoms with van der Waals surface area (Å²) in [5.74, 6) is 0. The van der Waals surface area contributed by atoms with Crippen LogP contribution in [0.4, 0.5) is 0 Å². The molecular formula is C12H20N2S. The summed E-state index contributed by atoms with van der Waals surface area (Å²) in [6.45, 7) is 3.64. The molecule has 0 aliphatic carbocycles. The average Bonchev–Trinajstić information content (AvgIpc) is 2.74. The van der Waals surface area contributed by atoms with E-state index in [-0.39, 0.29) is 0 Å². The molecule has 1 saturated heterocycles. The lowest BCUT2D eigenvalue weighted by atomic mass is 10.1. The predicted molar refractivity (Wildman–Crippen MR) is 66.3 cm³/mol. The molecule has 2 heterocycles. The largest absolute Gasteiger partial charge is 0.328 e. The average molecular weight is 224 g/mol. The molecule has 2 rings (SSSR count). The van der Waals surface area contributed by atoms with Crippen LogP contribution >= 0.6 is 11.3 Å². The second kappa shape index (κ2) is 5.64. The number of rotatable bonds is 4. The Bertz CT molecular complexity index is 263. The van der Waals surface area contributed by atoms with E-state index in [9.17, 15) is 0 Å². The van der Waals surface area contributed by atoms with Crippen molar-refractivity contribution < 1.29 is 0 Å². The third-order valence-corrected chi connectivity index (χ3v) is 4.05. The molecule has 15 heavy (non-hydrogen) atoms. The van der Waals surface area contributed by atoms with Crippen LogP contribution in [0.15, 0.2) is 17.5 Å². The maximum atomic E-state index is 5.88. The number of thiophene rings is 1. The van der Waals surface area contributed by atoms with Crippen molar-refractivity contribution in [2.75, 3.05) is 19.6 Å². The maximum absolute atomic E-state index is 5.88. The molecule has 1 fully saturated rings. The smallest absolute Gasteiger partial charge is 0.00631 e. The van der Waals surface area contributed by atoms with E-state index in [0.29, 0.717) is 6.04 Å². The molecule has 1 aliphatic heterocycles. The number of nitrogens with zero attached hydrogens (tertiary/aromatic N) is 1. The molecule has 1 aromatic rings. The van der Waals surface area contributed by atoms with E-state index in [1.165, 1.54) is 50.2 Å². The Kier molecular flexibility index (Phi) is 4.18. The highest BCUT2D eigenvalue weighted by atomic mass is 32.1. The Morgan fingerprint density at radius 2 is 2.20 bits per heavy atom. The molecule has 0 saturated carbocycles. The first-order valence-corrected chi connectivity index (χ1v) is 6.73. The molecule has 1 aromatic heterocycles. The number of hydrogen-bond acceptors (Lipinski definition) is 3. The van der Waals surface area contributed by atoms with Gasteiger partial charge < -0.3 is 10.6 Å². The normalized spacial score (nSPS) is 19.5. The summed E-state index contributed by atoms with van der Waals surface area (Å²) >= 11 is 1.87. The molecule has 0 amide bonds. The number of nitrogens with two attached hydrogens (primary N) is 1. The van der Waals surface area contributed by atoms with Gasteiger partial charge >= 0.3 is 0 Å². The molecule has 3 heteroatoms. The summed E-state index contributed by atoms with van der Waals surface area (Å²) in [7, 11) is 0. The van der Waals surface area contributed by atoms with Crippen molar-refractivity contribution in [3.63, 3.8) is 0 Å². The summed E-state index contributed by atoms with van der Waals surface area (Å²) in [6.07, 6.45) is 4.88. The minimum absolute atomic E-state index is 0.457. The van der Waals surface area contributed by atoms with Gasteiger partial charge in [-0.05, 0) is 56.8 Å². The standard InChI is InChI=1S/C12H20N2S/c13-11-5-8-14(9-6-11)7-1-3-12-4-2-10-15-12/h2,4,10-11H,1,3,5-9,13H2. The van der Waals surface area contributed by atoms with Crippen molar-refractivity contribution in [2.24, 2.45) is 5.73 Å². The van der Waals surface area contributed by atoms with Crippen molar-refractivity contribution in [3.8, 4) is 0 Å². The van der Waals surface area contributed by atoms with Gasteiger partial charge in [0, 0.05) is 10.9 Å². The van der Waals surface area contributed by atoms with Crippen molar-refractivity contribution in [1.29, 1.82) is 0 Å². The number of piperidine rings is 1. The highest BCUT2D eigenvalue weighted by Crippen LogP contribution is 2.13. The van der Waals surface area contributed by atoms with E-state index in [1.807, 2.05) is 11.3 Å². The zero-order chi connectivity index (χ0) is 10.5. The molecule has 1 aliphatic rings. The second-order valence-corrected chi connectivity index (χ2v) is 5.39. The summed E-state index contributed by atoms with van der Waals surface area (Å²) in [4.78, 5) is 4.07. The van der Waals surface area contributed by atoms with E-state index in [1.54, 1.807) is 0 Å². The summed E-state index contributed by atoms with van der Waals surface area (Å²) in [5, 5.41) is 2.16. The van der Waals surface area contributed by atoms with Crippen LogP contribution in [0.25, 0.3) is 0 Å². The Hall–Kier alpha value is -0.380. The molecule has 0 radical (unpaired) electrons. The van der Waals surface area contributed by atoms with Gasteiger partial charge in [0.15, 0.2) is 0 Å². The van der Waals surface area contributed by atoms with Crippen LogP contribution < -0.4 is 5.73 Å². The van der Waals surface area contributed by atoms with E-state index < -0.39 is 0 Å². The molecule has 2 nitrogen and oxygen atoms in total. The van der Waals surface area contributed by atoms with E-state index >= 15 is 0 Å². The van der Waals surface area contributed by atoms with Crippen LogP contribution in [0.5, 0.6) is 0 Å². The topological polar surface area (TPSA) is 29.3 Å². The maximum Gasteiger partial charge on any atom is 0.00631 e. The highest BCUT2D eigenvalue weighted by Gasteiger charge is 2.14. The fourth-order valence-electron chi connectivity index (χ4n) is 2.11. The van der Waals surface area contributed by atoms with Gasteiger partial charge in [-0.2, -0.15) is 0 Å². The molecule has 0 bridgehead atoms. The first-order valence-electron chi connectivity index (χ1n) is 5.85. The number of likely N-dealkylation sites (tertiary alicyclic amines) is 1. The third kappa shape index (κ3) is 3.59. The third-order valence-electron chi connectivity index (χ3n) is 3.11. The van der Waals surface area contributed by atoms with E-state index in [4.69, 9.17) is 5.73 Å². The molecule has 0 spiro atoms. The fourth-order valence-corrected chi connectivity index (χ4v) is 2.86. The first-order chi connectivity index (χ1) is 7.34. The Balaban J connectivity index is 1.62. The minimum Gasteiger partial charge on any atom is -0.328 e. The highest BCUT2D eigenvalue weighted by molar-refractivity contribution is 7.09. The van der Waals surface area contributed by atoms with Gasteiger partial charge in [0.25, 0.3) is 0 Å². The number of hydrogen-bond donors (Lipinski definition) is 1. The number of aryl methyl sites for hydroxylation is 1. The second-order valence-electron chi connectivity index (χ2n) is 4.36. The minimum atomic E-state index is 0.457. The van der Waals surface area contributed by atoms with Crippen molar-refractivity contribution >= 4 is 11.3 Å². The first kappa shape index (κ1) is 11.1. The molecule has 2 N–H and O–H groups in total. The lowest BCUT2D eigenvalue weighted by Crippen LogP contribution is -2.40. The molecule has 84 valence electrons. The Morgan fingerprint density at radius 1 is 1.40 bits per heavy atom. The van der Waals surface area contributed by atoms with Crippen molar-refractivity contribution in [2.45, 2.75) is 31.7 Å². The Labute approximate surface area is 96.1 Å². The zero-order valence-electron chi connectivity index (χ0n) is 9.19. The van der Waals surface area contributed by atoms with Gasteiger partial charge in [-0.15, -0.1) is 11.3 Å². The van der Waals surface area contributed by atoms with Crippen LogP contribution in [-0.4, -0.2) is 30.6 Å². The lowest BCUT2D eigenvalue weighted by Gasteiger charge is -2.29. The van der Waals surface area contributed by atoms with Gasteiger partial charge in [-0.3, -0.25) is 0 Å². The van der Waals surface area contributed by atoms with E-state index in [0.717, 1.165) is 0 Å². The fraction of sp³-hybridized carbons (Fsp3) is 0.667. The summed E-state index contributed by atoms with van der Waals surface area (Å²) < 4.78 is 0. The summed E-state index contributed by atoms with van der Waals surface area (Å²) in [5.41, 5.74) is 5.88. The molecule has 0 atom stereocenters. The van der Waals surface area contributed by atoms with Crippen molar-refractivity contribution in [3.05, 3.63) is 22.4 Å². The van der Waals surface area contributed by atoms with Gasteiger partial charge in [-0.1, -0.05) is 6.07 Å². The molecular weight excluding hydrogens is 204 g/mol. The predicted octanol–water partition coefficient (Wildman–Crippen LogP) is 2.10. The monoisotopic (exact) mass is 224 g/mol. The van der Waals surface area contributed by atoms with Crippen LogP contribution in [0.2, 0.25) is 0 Å². The zero-order valence-corrected chi connectivity index (χ0v) is 10.0. The van der Waals surface area contributed by atoms with Gasteiger partial charge in [0.1, 0.15) is 0 Å². The van der Waals surface area contributed by atoms with Crippen molar-refractivity contribution in [1.82, 2.24) is 4.90 Å². The quantitative estimate of drug-likeness (QED) is 0.848.